The SMILES string of the molecule is O=C(O)COCCNC(=O)C=Cc1ccccc1F. The van der Waals surface area contributed by atoms with Crippen LogP contribution in [-0.4, -0.2) is 36.7 Å². The molecule has 2 N–H and O–H groups in total. The number of carboxylic acid groups (broad SMARTS) is 1. The fourth-order valence-corrected chi connectivity index (χ4v) is 1.24. The summed E-state index contributed by atoms with van der Waals surface area (Å²) in [5, 5.41) is 10.8. The van der Waals surface area contributed by atoms with Gasteiger partial charge in [-0.25, -0.2) is 9.18 Å². The number of amides is 1. The minimum atomic E-state index is -1.06. The van der Waals surface area contributed by atoms with Crippen molar-refractivity contribution in [1.82, 2.24) is 5.32 Å². The largest absolute Gasteiger partial charge is 0.480 e. The van der Waals surface area contributed by atoms with E-state index in [2.05, 4.69) is 5.32 Å². The number of halogens is 1. The highest BCUT2D eigenvalue weighted by atomic mass is 19.1. The van der Waals surface area contributed by atoms with Crippen LogP contribution in [0.4, 0.5) is 4.39 Å². The van der Waals surface area contributed by atoms with E-state index in [-0.39, 0.29) is 13.2 Å². The molecule has 0 fully saturated rings. The maximum atomic E-state index is 13.2. The van der Waals surface area contributed by atoms with Gasteiger partial charge in [-0.15, -0.1) is 0 Å². The van der Waals surface area contributed by atoms with Crippen LogP contribution >= 0.6 is 0 Å². The van der Waals surface area contributed by atoms with E-state index in [4.69, 9.17) is 9.84 Å². The maximum absolute atomic E-state index is 13.2. The predicted octanol–water partition coefficient (Wildman–Crippen LogP) is 1.06. The normalized spacial score (nSPS) is 10.6. The summed E-state index contributed by atoms with van der Waals surface area (Å²) in [4.78, 5) is 21.5. The fourth-order valence-electron chi connectivity index (χ4n) is 1.24. The van der Waals surface area contributed by atoms with E-state index in [1.54, 1.807) is 18.2 Å². The molecule has 0 saturated heterocycles. The van der Waals surface area contributed by atoms with E-state index in [0.29, 0.717) is 5.56 Å². The number of hydrogen-bond acceptors (Lipinski definition) is 3. The summed E-state index contributed by atoms with van der Waals surface area (Å²) < 4.78 is 17.9. The first-order valence-electron chi connectivity index (χ1n) is 5.59. The van der Waals surface area contributed by atoms with Gasteiger partial charge < -0.3 is 15.2 Å². The number of nitrogens with one attached hydrogen (secondary N) is 1. The monoisotopic (exact) mass is 267 g/mol. The maximum Gasteiger partial charge on any atom is 0.329 e. The van der Waals surface area contributed by atoms with Gasteiger partial charge in [0, 0.05) is 18.2 Å². The summed E-state index contributed by atoms with van der Waals surface area (Å²) in [5.41, 5.74) is 0.319. The van der Waals surface area contributed by atoms with Crippen LogP contribution in [0.25, 0.3) is 6.08 Å². The lowest BCUT2D eigenvalue weighted by atomic mass is 10.2. The number of carbonyl (C=O) groups excluding carboxylic acids is 1. The van der Waals surface area contributed by atoms with E-state index >= 15 is 0 Å². The van der Waals surface area contributed by atoms with Crippen molar-refractivity contribution in [3.63, 3.8) is 0 Å². The molecule has 0 unspecified atom stereocenters. The number of benzene rings is 1. The quantitative estimate of drug-likeness (QED) is 0.572. The van der Waals surface area contributed by atoms with Gasteiger partial charge in [-0.05, 0) is 12.1 Å². The first-order chi connectivity index (χ1) is 9.09. The van der Waals surface area contributed by atoms with Crippen LogP contribution in [0.5, 0.6) is 0 Å². The first kappa shape index (κ1) is 14.8. The zero-order valence-corrected chi connectivity index (χ0v) is 10.1. The number of ether oxygens (including phenoxy) is 1. The van der Waals surface area contributed by atoms with Crippen molar-refractivity contribution in [3.05, 3.63) is 41.7 Å². The lowest BCUT2D eigenvalue weighted by Gasteiger charge is -2.02. The van der Waals surface area contributed by atoms with Gasteiger partial charge in [-0.2, -0.15) is 0 Å². The molecule has 0 heterocycles. The molecule has 0 aliphatic carbocycles. The Hall–Kier alpha value is -2.21. The molecule has 0 saturated carbocycles. The van der Waals surface area contributed by atoms with E-state index < -0.39 is 24.3 Å². The Balaban J connectivity index is 2.28. The summed E-state index contributed by atoms with van der Waals surface area (Å²) in [6.07, 6.45) is 2.57. The molecule has 19 heavy (non-hydrogen) atoms. The van der Waals surface area contributed by atoms with Crippen LogP contribution in [0.15, 0.2) is 30.3 Å². The van der Waals surface area contributed by atoms with Crippen molar-refractivity contribution in [2.45, 2.75) is 0 Å². The summed E-state index contributed by atoms with van der Waals surface area (Å²) >= 11 is 0. The van der Waals surface area contributed by atoms with Gasteiger partial charge in [-0.1, -0.05) is 18.2 Å². The Morgan fingerprint density at radius 2 is 2.11 bits per heavy atom. The van der Waals surface area contributed by atoms with Crippen LogP contribution < -0.4 is 5.32 Å². The zero-order valence-electron chi connectivity index (χ0n) is 10.1. The highest BCUT2D eigenvalue weighted by Crippen LogP contribution is 2.07. The van der Waals surface area contributed by atoms with Crippen LogP contribution in [0.3, 0.4) is 0 Å². The van der Waals surface area contributed by atoms with Crippen molar-refractivity contribution < 1.29 is 23.8 Å². The highest BCUT2D eigenvalue weighted by Gasteiger charge is 1.99. The second-order valence-electron chi connectivity index (χ2n) is 3.59. The van der Waals surface area contributed by atoms with Crippen LogP contribution in [0.1, 0.15) is 5.56 Å². The number of hydrogen-bond donors (Lipinski definition) is 2. The third kappa shape index (κ3) is 6.32. The predicted molar refractivity (Wildman–Crippen MR) is 66.9 cm³/mol. The summed E-state index contributed by atoms with van der Waals surface area (Å²) in [6.45, 7) is -0.111. The number of rotatable bonds is 7. The van der Waals surface area contributed by atoms with Crippen LogP contribution in [0, 0.1) is 5.82 Å². The molecule has 0 radical (unpaired) electrons. The van der Waals surface area contributed by atoms with Crippen molar-refractivity contribution in [3.8, 4) is 0 Å². The summed E-state index contributed by atoms with van der Waals surface area (Å²) in [6, 6.07) is 6.08. The van der Waals surface area contributed by atoms with Gasteiger partial charge in [0.15, 0.2) is 0 Å². The molecular formula is C13H14FNO4. The topological polar surface area (TPSA) is 75.6 Å². The van der Waals surface area contributed by atoms with Crippen molar-refractivity contribution in [2.75, 3.05) is 19.8 Å². The summed E-state index contributed by atoms with van der Waals surface area (Å²) in [7, 11) is 0. The van der Waals surface area contributed by atoms with Gasteiger partial charge >= 0.3 is 5.97 Å². The average molecular weight is 267 g/mol. The van der Waals surface area contributed by atoms with E-state index in [9.17, 15) is 14.0 Å². The third-order valence-electron chi connectivity index (χ3n) is 2.09. The Bertz CT molecular complexity index is 473. The average Bonchev–Trinajstić information content (AvgIpc) is 2.37. The Kier molecular flexibility index (Phi) is 6.25. The molecule has 0 aliphatic rings. The van der Waals surface area contributed by atoms with Gasteiger partial charge in [-0.3, -0.25) is 4.79 Å². The molecule has 102 valence electrons. The lowest BCUT2D eigenvalue weighted by molar-refractivity contribution is -0.142. The zero-order chi connectivity index (χ0) is 14.1. The Labute approximate surface area is 109 Å². The molecule has 1 amide bonds. The molecule has 0 bridgehead atoms. The van der Waals surface area contributed by atoms with Crippen molar-refractivity contribution in [1.29, 1.82) is 0 Å². The van der Waals surface area contributed by atoms with Crippen molar-refractivity contribution >= 4 is 18.0 Å². The summed E-state index contributed by atoms with van der Waals surface area (Å²) in [5.74, 6) is -1.87. The second-order valence-corrected chi connectivity index (χ2v) is 3.59. The molecule has 1 aromatic carbocycles. The number of carboxylic acids is 1. The lowest BCUT2D eigenvalue weighted by Crippen LogP contribution is -2.26. The van der Waals surface area contributed by atoms with Crippen LogP contribution in [0.2, 0.25) is 0 Å². The standard InChI is InChI=1S/C13H14FNO4/c14-11-4-2-1-3-10(11)5-6-12(16)15-7-8-19-9-13(17)18/h1-6H,7-9H2,(H,15,16)(H,17,18). The molecule has 0 aliphatic heterocycles. The Morgan fingerprint density at radius 3 is 2.79 bits per heavy atom. The van der Waals surface area contributed by atoms with Crippen LogP contribution in [-0.2, 0) is 14.3 Å². The minimum absolute atomic E-state index is 0.103. The van der Waals surface area contributed by atoms with Gasteiger partial charge in [0.1, 0.15) is 12.4 Å². The van der Waals surface area contributed by atoms with E-state index in [1.165, 1.54) is 18.2 Å². The molecule has 0 atom stereocenters. The second kappa shape index (κ2) is 7.99. The van der Waals surface area contributed by atoms with Crippen molar-refractivity contribution in [2.24, 2.45) is 0 Å². The first-order valence-corrected chi connectivity index (χ1v) is 5.59. The fraction of sp³-hybridized carbons (Fsp3) is 0.231. The number of carbonyl (C=O) groups is 2. The van der Waals surface area contributed by atoms with E-state index in [0.717, 1.165) is 0 Å². The molecule has 6 heteroatoms. The highest BCUT2D eigenvalue weighted by molar-refractivity contribution is 5.91. The molecule has 0 aromatic heterocycles. The van der Waals surface area contributed by atoms with E-state index in [1.807, 2.05) is 0 Å². The molecule has 1 rings (SSSR count). The third-order valence-corrected chi connectivity index (χ3v) is 2.09. The molecular weight excluding hydrogens is 253 g/mol. The molecule has 5 nitrogen and oxygen atoms in total. The smallest absolute Gasteiger partial charge is 0.329 e. The molecule has 0 spiro atoms. The number of aliphatic carboxylic acids is 1. The minimum Gasteiger partial charge on any atom is -0.480 e. The van der Waals surface area contributed by atoms with Gasteiger partial charge in [0.2, 0.25) is 5.91 Å². The Morgan fingerprint density at radius 1 is 1.37 bits per heavy atom. The van der Waals surface area contributed by atoms with Gasteiger partial charge in [0.25, 0.3) is 0 Å². The van der Waals surface area contributed by atoms with Gasteiger partial charge in [0.05, 0.1) is 6.61 Å². The molecule has 1 aromatic rings.